The minimum absolute atomic E-state index is 0.347. The zero-order valence-corrected chi connectivity index (χ0v) is 10.5. The van der Waals surface area contributed by atoms with Crippen molar-refractivity contribution in [1.82, 2.24) is 0 Å². The number of aryl methyl sites for hydroxylation is 1. The van der Waals surface area contributed by atoms with E-state index in [2.05, 4.69) is 0 Å². The number of hydrogen-bond acceptors (Lipinski definition) is 3. The lowest BCUT2D eigenvalue weighted by atomic mass is 10.0. The number of carbonyl (C=O) groups is 1. The second-order valence-corrected chi connectivity index (χ2v) is 4.40. The second-order valence-electron chi connectivity index (χ2n) is 3.97. The van der Waals surface area contributed by atoms with Crippen molar-refractivity contribution in [3.63, 3.8) is 0 Å². The molecule has 0 saturated heterocycles. The Kier molecular flexibility index (Phi) is 3.89. The van der Waals surface area contributed by atoms with Crippen LogP contribution in [0.3, 0.4) is 0 Å². The first-order chi connectivity index (χ1) is 8.22. The molecule has 0 aromatic heterocycles. The van der Waals surface area contributed by atoms with Crippen molar-refractivity contribution in [2.45, 2.75) is 26.2 Å². The summed E-state index contributed by atoms with van der Waals surface area (Å²) >= 11 is 6.02. The van der Waals surface area contributed by atoms with Crippen LogP contribution >= 0.6 is 11.6 Å². The van der Waals surface area contributed by atoms with Crippen LogP contribution in [0, 0.1) is 0 Å². The highest BCUT2D eigenvalue weighted by Crippen LogP contribution is 2.32. The minimum Gasteiger partial charge on any atom is -0.492 e. The molecule has 4 heteroatoms. The van der Waals surface area contributed by atoms with Gasteiger partial charge in [0.15, 0.2) is 0 Å². The van der Waals surface area contributed by atoms with E-state index in [1.807, 2.05) is 6.07 Å². The monoisotopic (exact) mass is 254 g/mol. The van der Waals surface area contributed by atoms with Crippen LogP contribution < -0.4 is 4.74 Å². The van der Waals surface area contributed by atoms with Crippen LogP contribution in [0.25, 0.3) is 0 Å². The predicted octanol–water partition coefficient (Wildman–Crippen LogP) is 3.23. The van der Waals surface area contributed by atoms with Crippen LogP contribution in [-0.2, 0) is 11.2 Å². The van der Waals surface area contributed by atoms with Gasteiger partial charge in [0.05, 0.1) is 13.2 Å². The van der Waals surface area contributed by atoms with E-state index in [4.69, 9.17) is 21.1 Å². The van der Waals surface area contributed by atoms with Crippen LogP contribution in [-0.4, -0.2) is 19.2 Å². The van der Waals surface area contributed by atoms with Gasteiger partial charge in [-0.2, -0.15) is 0 Å². The fourth-order valence-corrected chi connectivity index (χ4v) is 2.20. The fraction of sp³-hybridized carbons (Fsp3) is 0.462. The third-order valence-electron chi connectivity index (χ3n) is 2.71. The van der Waals surface area contributed by atoms with E-state index >= 15 is 0 Å². The molecule has 17 heavy (non-hydrogen) atoms. The number of carbonyl (C=O) groups excluding carboxylic acids is 1. The van der Waals surface area contributed by atoms with E-state index < -0.39 is 0 Å². The zero-order chi connectivity index (χ0) is 12.3. The van der Waals surface area contributed by atoms with Crippen LogP contribution in [0.5, 0.6) is 5.75 Å². The summed E-state index contributed by atoms with van der Waals surface area (Å²) in [6.45, 7) is 2.77. The number of rotatable bonds is 2. The summed E-state index contributed by atoms with van der Waals surface area (Å²) in [6.07, 6.45) is 2.94. The van der Waals surface area contributed by atoms with Crippen molar-refractivity contribution < 1.29 is 14.3 Å². The molecule has 0 spiro atoms. The summed E-state index contributed by atoms with van der Waals surface area (Å²) in [6, 6.07) is 3.48. The number of ether oxygens (including phenoxy) is 2. The SMILES string of the molecule is CCOC(=O)c1cc(Cl)cc2c1OCCCC2. The molecule has 1 aromatic carbocycles. The molecule has 1 aliphatic rings. The lowest BCUT2D eigenvalue weighted by molar-refractivity contribution is 0.0521. The molecular weight excluding hydrogens is 240 g/mol. The molecule has 0 saturated carbocycles. The molecule has 0 fully saturated rings. The van der Waals surface area contributed by atoms with Gasteiger partial charge in [0, 0.05) is 5.02 Å². The highest BCUT2D eigenvalue weighted by Gasteiger charge is 2.20. The first kappa shape index (κ1) is 12.2. The molecule has 3 nitrogen and oxygen atoms in total. The maximum Gasteiger partial charge on any atom is 0.341 e. The fourth-order valence-electron chi connectivity index (χ4n) is 1.96. The Hall–Kier alpha value is -1.22. The predicted molar refractivity (Wildman–Crippen MR) is 65.8 cm³/mol. The largest absolute Gasteiger partial charge is 0.492 e. The molecule has 2 rings (SSSR count). The third-order valence-corrected chi connectivity index (χ3v) is 2.93. The Bertz CT molecular complexity index is 429. The molecule has 0 N–H and O–H groups in total. The van der Waals surface area contributed by atoms with E-state index in [-0.39, 0.29) is 5.97 Å². The van der Waals surface area contributed by atoms with Gasteiger partial charge in [-0.15, -0.1) is 0 Å². The van der Waals surface area contributed by atoms with E-state index in [0.29, 0.717) is 29.5 Å². The topological polar surface area (TPSA) is 35.5 Å². The van der Waals surface area contributed by atoms with Gasteiger partial charge < -0.3 is 9.47 Å². The van der Waals surface area contributed by atoms with Gasteiger partial charge in [-0.3, -0.25) is 0 Å². The third kappa shape index (κ3) is 2.72. The average Bonchev–Trinajstić information content (AvgIpc) is 2.53. The van der Waals surface area contributed by atoms with Crippen LogP contribution in [0.4, 0.5) is 0 Å². The molecule has 0 bridgehead atoms. The molecule has 0 aliphatic carbocycles. The Balaban J connectivity index is 2.43. The molecule has 92 valence electrons. The van der Waals surface area contributed by atoms with Crippen molar-refractivity contribution in [1.29, 1.82) is 0 Å². The first-order valence-corrected chi connectivity index (χ1v) is 6.22. The number of esters is 1. The summed E-state index contributed by atoms with van der Waals surface area (Å²) < 4.78 is 10.7. The van der Waals surface area contributed by atoms with Crippen molar-refractivity contribution >= 4 is 17.6 Å². The summed E-state index contributed by atoms with van der Waals surface area (Å²) in [4.78, 5) is 11.8. The Morgan fingerprint density at radius 2 is 2.29 bits per heavy atom. The molecular formula is C13H15ClO3. The van der Waals surface area contributed by atoms with Crippen molar-refractivity contribution in [3.05, 3.63) is 28.3 Å². The Morgan fingerprint density at radius 3 is 3.06 bits per heavy atom. The van der Waals surface area contributed by atoms with Crippen molar-refractivity contribution in [2.24, 2.45) is 0 Å². The maximum atomic E-state index is 11.8. The van der Waals surface area contributed by atoms with Gasteiger partial charge in [0.25, 0.3) is 0 Å². The van der Waals surface area contributed by atoms with E-state index in [0.717, 1.165) is 24.8 Å². The van der Waals surface area contributed by atoms with Crippen LogP contribution in [0.1, 0.15) is 35.7 Å². The van der Waals surface area contributed by atoms with Crippen molar-refractivity contribution in [2.75, 3.05) is 13.2 Å². The normalized spacial score (nSPS) is 14.5. The number of hydrogen-bond donors (Lipinski definition) is 0. The molecule has 1 heterocycles. The smallest absolute Gasteiger partial charge is 0.341 e. The highest BCUT2D eigenvalue weighted by molar-refractivity contribution is 6.31. The Labute approximate surface area is 106 Å². The summed E-state index contributed by atoms with van der Waals surface area (Å²) in [7, 11) is 0. The number of fused-ring (bicyclic) bond motifs is 1. The van der Waals surface area contributed by atoms with E-state index in [1.165, 1.54) is 0 Å². The maximum absolute atomic E-state index is 11.8. The minimum atomic E-state index is -0.367. The lowest BCUT2D eigenvalue weighted by Crippen LogP contribution is -2.09. The second kappa shape index (κ2) is 5.41. The van der Waals surface area contributed by atoms with Gasteiger partial charge in [-0.1, -0.05) is 11.6 Å². The van der Waals surface area contributed by atoms with Crippen molar-refractivity contribution in [3.8, 4) is 5.75 Å². The van der Waals surface area contributed by atoms with Gasteiger partial charge in [-0.05, 0) is 43.9 Å². The highest BCUT2D eigenvalue weighted by atomic mass is 35.5. The molecule has 1 aromatic rings. The zero-order valence-electron chi connectivity index (χ0n) is 9.79. The van der Waals surface area contributed by atoms with Gasteiger partial charge in [-0.25, -0.2) is 4.79 Å². The number of benzene rings is 1. The summed E-state index contributed by atoms with van der Waals surface area (Å²) in [5, 5.41) is 0.553. The van der Waals surface area contributed by atoms with Crippen LogP contribution in [0.2, 0.25) is 5.02 Å². The molecule has 1 aliphatic heterocycles. The molecule has 0 unspecified atom stereocenters. The standard InChI is InChI=1S/C13H15ClO3/c1-2-16-13(15)11-8-10(14)7-9-5-3-4-6-17-12(9)11/h7-8H,2-6H2,1H3. The first-order valence-electron chi connectivity index (χ1n) is 5.84. The molecule has 0 atom stereocenters. The quantitative estimate of drug-likeness (QED) is 0.760. The van der Waals surface area contributed by atoms with E-state index in [9.17, 15) is 4.79 Å². The van der Waals surface area contributed by atoms with E-state index in [1.54, 1.807) is 13.0 Å². The summed E-state index contributed by atoms with van der Waals surface area (Å²) in [5.41, 5.74) is 1.44. The van der Waals surface area contributed by atoms with Crippen LogP contribution in [0.15, 0.2) is 12.1 Å². The van der Waals surface area contributed by atoms with Gasteiger partial charge in [0.1, 0.15) is 11.3 Å². The Morgan fingerprint density at radius 1 is 1.47 bits per heavy atom. The summed E-state index contributed by atoms with van der Waals surface area (Å²) in [5.74, 6) is 0.276. The molecule has 0 radical (unpaired) electrons. The van der Waals surface area contributed by atoms with Gasteiger partial charge in [0.2, 0.25) is 0 Å². The average molecular weight is 255 g/mol. The lowest BCUT2D eigenvalue weighted by Gasteiger charge is -2.12. The molecule has 0 amide bonds. The van der Waals surface area contributed by atoms with Gasteiger partial charge >= 0.3 is 5.97 Å². The number of halogens is 1.